The maximum atomic E-state index is 12.6. The molecule has 2 rings (SSSR count). The number of hydrogen-bond acceptors (Lipinski definition) is 3. The first kappa shape index (κ1) is 19.3. The molecule has 0 radical (unpaired) electrons. The van der Waals surface area contributed by atoms with E-state index in [0.29, 0.717) is 18.8 Å². The topological polar surface area (TPSA) is 43.9 Å². The molecule has 1 aliphatic heterocycles. The number of carbonyl (C=O) groups is 2. The Kier molecular flexibility index (Phi) is 6.85. The van der Waals surface area contributed by atoms with Gasteiger partial charge in [-0.3, -0.25) is 9.59 Å². The summed E-state index contributed by atoms with van der Waals surface area (Å²) in [5.41, 5.74) is 2.19. The van der Waals surface area contributed by atoms with Crippen LogP contribution in [0.5, 0.6) is 0 Å². The molecule has 2 amide bonds. The molecule has 1 aromatic rings. The second-order valence-electron chi connectivity index (χ2n) is 7.41. The van der Waals surface area contributed by atoms with E-state index in [0.717, 1.165) is 43.6 Å². The lowest BCUT2D eigenvalue weighted by atomic mass is 9.92. The molecule has 1 heterocycles. The Labute approximate surface area is 151 Å². The van der Waals surface area contributed by atoms with Crippen LogP contribution in [0.3, 0.4) is 0 Å². The van der Waals surface area contributed by atoms with Crippen LogP contribution in [0.1, 0.15) is 31.2 Å². The minimum Gasteiger partial charge on any atom is -0.378 e. The van der Waals surface area contributed by atoms with E-state index < -0.39 is 0 Å². The lowest BCUT2D eigenvalue weighted by molar-refractivity contribution is -0.132. The van der Waals surface area contributed by atoms with Crippen LogP contribution in [-0.4, -0.2) is 62.9 Å². The average Bonchev–Trinajstić information content (AvgIpc) is 2.60. The van der Waals surface area contributed by atoms with Crippen molar-refractivity contribution in [1.29, 1.82) is 0 Å². The monoisotopic (exact) mass is 345 g/mol. The summed E-state index contributed by atoms with van der Waals surface area (Å²) in [7, 11) is 7.60. The van der Waals surface area contributed by atoms with E-state index in [4.69, 9.17) is 0 Å². The summed E-state index contributed by atoms with van der Waals surface area (Å²) in [6.07, 6.45) is 4.05. The molecular weight excluding hydrogens is 314 g/mol. The third-order valence-electron chi connectivity index (χ3n) is 4.95. The Morgan fingerprint density at radius 2 is 1.80 bits per heavy atom. The molecule has 1 fully saturated rings. The van der Waals surface area contributed by atoms with Crippen LogP contribution in [0.25, 0.3) is 0 Å². The molecule has 1 aromatic carbocycles. The Hall–Kier alpha value is -2.04. The summed E-state index contributed by atoms with van der Waals surface area (Å²) in [6.45, 7) is 1.63. The van der Waals surface area contributed by atoms with Gasteiger partial charge in [0, 0.05) is 53.4 Å². The van der Waals surface area contributed by atoms with E-state index in [1.165, 1.54) is 0 Å². The number of nitrogens with zero attached hydrogens (tertiary/aromatic N) is 3. The molecule has 0 bridgehead atoms. The van der Waals surface area contributed by atoms with Gasteiger partial charge >= 0.3 is 0 Å². The second-order valence-corrected chi connectivity index (χ2v) is 7.41. The Balaban J connectivity index is 1.85. The number of anilines is 1. The van der Waals surface area contributed by atoms with Crippen molar-refractivity contribution in [2.45, 2.75) is 32.1 Å². The molecule has 1 saturated heterocycles. The molecule has 0 unspecified atom stereocenters. The van der Waals surface area contributed by atoms with Crippen LogP contribution in [0.2, 0.25) is 0 Å². The average molecular weight is 345 g/mol. The van der Waals surface area contributed by atoms with Gasteiger partial charge in [-0.25, -0.2) is 0 Å². The Bertz CT molecular complexity index is 581. The van der Waals surface area contributed by atoms with E-state index in [-0.39, 0.29) is 11.8 Å². The van der Waals surface area contributed by atoms with Gasteiger partial charge in [-0.05, 0) is 42.9 Å². The first-order chi connectivity index (χ1) is 11.9. The van der Waals surface area contributed by atoms with Crippen molar-refractivity contribution < 1.29 is 9.59 Å². The largest absolute Gasteiger partial charge is 0.378 e. The third-order valence-corrected chi connectivity index (χ3v) is 4.95. The van der Waals surface area contributed by atoms with Crippen molar-refractivity contribution in [3.63, 3.8) is 0 Å². The SMILES string of the molecule is CN(C)C(=O)CC[C@H]1CCCN(C(=O)Cc2ccc(N(C)C)cc2)C1. The van der Waals surface area contributed by atoms with Crippen LogP contribution in [-0.2, 0) is 16.0 Å². The van der Waals surface area contributed by atoms with Crippen LogP contribution in [0.15, 0.2) is 24.3 Å². The summed E-state index contributed by atoms with van der Waals surface area (Å²) in [5, 5.41) is 0. The minimum absolute atomic E-state index is 0.171. The van der Waals surface area contributed by atoms with Crippen LogP contribution >= 0.6 is 0 Å². The lowest BCUT2D eigenvalue weighted by Gasteiger charge is -2.33. The Morgan fingerprint density at radius 3 is 2.40 bits per heavy atom. The van der Waals surface area contributed by atoms with Gasteiger partial charge in [0.25, 0.3) is 0 Å². The van der Waals surface area contributed by atoms with Gasteiger partial charge in [-0.1, -0.05) is 12.1 Å². The number of benzene rings is 1. The van der Waals surface area contributed by atoms with Gasteiger partial charge in [-0.15, -0.1) is 0 Å². The summed E-state index contributed by atoms with van der Waals surface area (Å²) in [5.74, 6) is 0.809. The lowest BCUT2D eigenvalue weighted by Crippen LogP contribution is -2.41. The van der Waals surface area contributed by atoms with E-state index in [2.05, 4.69) is 17.0 Å². The van der Waals surface area contributed by atoms with Gasteiger partial charge in [0.15, 0.2) is 0 Å². The zero-order valence-corrected chi connectivity index (χ0v) is 16.0. The minimum atomic E-state index is 0.171. The van der Waals surface area contributed by atoms with E-state index in [1.54, 1.807) is 19.0 Å². The van der Waals surface area contributed by atoms with Gasteiger partial charge in [-0.2, -0.15) is 0 Å². The first-order valence-electron chi connectivity index (χ1n) is 9.11. The molecule has 1 aliphatic rings. The van der Waals surface area contributed by atoms with Crippen LogP contribution in [0.4, 0.5) is 5.69 Å². The molecule has 0 N–H and O–H groups in total. The maximum absolute atomic E-state index is 12.6. The maximum Gasteiger partial charge on any atom is 0.226 e. The van der Waals surface area contributed by atoms with E-state index in [1.807, 2.05) is 31.1 Å². The molecule has 5 nitrogen and oxygen atoms in total. The third kappa shape index (κ3) is 5.76. The highest BCUT2D eigenvalue weighted by atomic mass is 16.2. The zero-order valence-electron chi connectivity index (χ0n) is 16.0. The molecule has 138 valence electrons. The molecule has 1 atom stereocenters. The number of rotatable bonds is 6. The zero-order chi connectivity index (χ0) is 18.4. The molecule has 0 spiro atoms. The summed E-state index contributed by atoms with van der Waals surface area (Å²) >= 11 is 0. The van der Waals surface area contributed by atoms with Gasteiger partial charge < -0.3 is 14.7 Å². The predicted molar refractivity (Wildman–Crippen MR) is 102 cm³/mol. The van der Waals surface area contributed by atoms with Gasteiger partial charge in [0.1, 0.15) is 0 Å². The van der Waals surface area contributed by atoms with Crippen LogP contribution < -0.4 is 4.90 Å². The number of piperidine rings is 1. The van der Waals surface area contributed by atoms with E-state index in [9.17, 15) is 9.59 Å². The van der Waals surface area contributed by atoms with Crippen molar-refractivity contribution in [3.05, 3.63) is 29.8 Å². The highest BCUT2D eigenvalue weighted by Gasteiger charge is 2.24. The fraction of sp³-hybridized carbons (Fsp3) is 0.600. The van der Waals surface area contributed by atoms with Crippen molar-refractivity contribution >= 4 is 17.5 Å². The molecule has 0 aromatic heterocycles. The quantitative estimate of drug-likeness (QED) is 0.795. The fourth-order valence-corrected chi connectivity index (χ4v) is 3.28. The molecule has 0 aliphatic carbocycles. The number of carbonyl (C=O) groups excluding carboxylic acids is 2. The summed E-state index contributed by atoms with van der Waals surface area (Å²) in [6, 6.07) is 8.16. The predicted octanol–water partition coefficient (Wildman–Crippen LogP) is 2.40. The number of amides is 2. The smallest absolute Gasteiger partial charge is 0.226 e. The molecule has 5 heteroatoms. The Morgan fingerprint density at radius 1 is 1.12 bits per heavy atom. The van der Waals surface area contributed by atoms with Gasteiger partial charge in [0.05, 0.1) is 6.42 Å². The molecule has 0 saturated carbocycles. The second kappa shape index (κ2) is 8.88. The van der Waals surface area contributed by atoms with E-state index >= 15 is 0 Å². The van der Waals surface area contributed by atoms with Crippen molar-refractivity contribution in [1.82, 2.24) is 9.80 Å². The fourth-order valence-electron chi connectivity index (χ4n) is 3.28. The summed E-state index contributed by atoms with van der Waals surface area (Å²) in [4.78, 5) is 30.1. The van der Waals surface area contributed by atoms with Crippen LogP contribution in [0, 0.1) is 5.92 Å². The first-order valence-corrected chi connectivity index (χ1v) is 9.11. The summed E-state index contributed by atoms with van der Waals surface area (Å²) < 4.78 is 0. The highest BCUT2D eigenvalue weighted by molar-refractivity contribution is 5.79. The number of hydrogen-bond donors (Lipinski definition) is 0. The van der Waals surface area contributed by atoms with Crippen molar-refractivity contribution in [3.8, 4) is 0 Å². The number of likely N-dealkylation sites (tertiary alicyclic amines) is 1. The highest BCUT2D eigenvalue weighted by Crippen LogP contribution is 2.22. The molecular formula is C20H31N3O2. The standard InChI is InChI=1S/C20H31N3O2/c1-21(2)18-10-7-16(8-11-18)14-20(25)23-13-5-6-17(15-23)9-12-19(24)22(3)4/h7-8,10-11,17H,5-6,9,12-15H2,1-4H3/t17-/m1/s1. The normalized spacial score (nSPS) is 17.3. The van der Waals surface area contributed by atoms with Crippen molar-refractivity contribution in [2.75, 3.05) is 46.2 Å². The molecule has 25 heavy (non-hydrogen) atoms. The van der Waals surface area contributed by atoms with Crippen molar-refractivity contribution in [2.24, 2.45) is 5.92 Å². The van der Waals surface area contributed by atoms with Gasteiger partial charge in [0.2, 0.25) is 11.8 Å².